The van der Waals surface area contributed by atoms with E-state index in [-0.39, 0.29) is 29.9 Å². The van der Waals surface area contributed by atoms with Crippen molar-refractivity contribution >= 4 is 42.3 Å². The van der Waals surface area contributed by atoms with Crippen LogP contribution in [0, 0.1) is 6.92 Å². The number of ether oxygens (including phenoxy) is 2. The van der Waals surface area contributed by atoms with E-state index in [1.165, 1.54) is 0 Å². The second-order valence-electron chi connectivity index (χ2n) is 13.3. The predicted octanol–water partition coefficient (Wildman–Crippen LogP) is 7.69. The highest BCUT2D eigenvalue weighted by Crippen LogP contribution is 2.51. The summed E-state index contributed by atoms with van der Waals surface area (Å²) in [6.45, 7) is 15.5. The van der Waals surface area contributed by atoms with E-state index in [1.54, 1.807) is 11.3 Å². The van der Waals surface area contributed by atoms with Gasteiger partial charge in [-0.3, -0.25) is 9.69 Å². The number of amides is 1. The fraction of sp³-hybridized carbons (Fsp3) is 0.500. The molecule has 1 saturated heterocycles. The third-order valence-electron chi connectivity index (χ3n) is 9.42. The van der Waals surface area contributed by atoms with Gasteiger partial charge in [-0.1, -0.05) is 68.0 Å². The number of nitrogens with one attached hydrogen (secondary N) is 1. The molecule has 10 heteroatoms. The average Bonchev–Trinajstić information content (AvgIpc) is 3.20. The lowest BCUT2D eigenvalue weighted by molar-refractivity contribution is -0.118. The summed E-state index contributed by atoms with van der Waals surface area (Å²) < 4.78 is 17.9. The number of hydrogen-bond donors (Lipinski definition) is 1. The molecular weight excluding hydrogens is 586 g/mol. The van der Waals surface area contributed by atoms with Gasteiger partial charge in [-0.05, 0) is 73.6 Å². The number of carbonyl (C=O) groups excluding carboxylic acids is 1. The second-order valence-corrected chi connectivity index (χ2v) is 19.5. The van der Waals surface area contributed by atoms with E-state index in [1.807, 2.05) is 43.3 Å². The second kappa shape index (κ2) is 10.9. The molecule has 7 nitrogen and oxygen atoms in total. The molecule has 1 amide bonds. The van der Waals surface area contributed by atoms with Gasteiger partial charge in [0.25, 0.3) is 0 Å². The number of likely N-dealkylation sites (tertiary alicyclic amines) is 1. The molecule has 0 spiro atoms. The Bertz CT molecular complexity index is 1500. The van der Waals surface area contributed by atoms with E-state index >= 15 is 0 Å². The zero-order chi connectivity index (χ0) is 29.9. The topological polar surface area (TPSA) is 72.9 Å². The normalized spacial score (nSPS) is 20.5. The fourth-order valence-electron chi connectivity index (χ4n) is 5.78. The maximum Gasteiger partial charge on any atom is 0.236 e. The van der Waals surface area contributed by atoms with Gasteiger partial charge < -0.3 is 19.2 Å². The standard InChI is InChI=1S/C32H40ClN3O4SSi/c1-20-28(41-30(34-20)35-29(37)32(14-15-32)21-11-12-25-26(17-21)39-19-38-25)27(23-9-7-8-10-24(23)33)36-16-13-22(18-36)40-42(5,6)31(2,3)4/h7-12,17,22,27H,13-16,18-19H2,1-6H3,(H,34,35,37). The van der Waals surface area contributed by atoms with Crippen molar-refractivity contribution in [1.82, 2.24) is 9.88 Å². The van der Waals surface area contributed by atoms with E-state index in [0.29, 0.717) is 10.9 Å². The third kappa shape index (κ3) is 5.50. The van der Waals surface area contributed by atoms with Gasteiger partial charge in [0.1, 0.15) is 0 Å². The first-order valence-corrected chi connectivity index (χ1v) is 18.8. The first-order chi connectivity index (χ1) is 19.9. The number of aryl methyl sites for hydroxylation is 1. The Morgan fingerprint density at radius 2 is 1.93 bits per heavy atom. The molecule has 2 atom stereocenters. The minimum atomic E-state index is -1.90. The van der Waals surface area contributed by atoms with Crippen molar-refractivity contribution in [3.63, 3.8) is 0 Å². The molecule has 0 radical (unpaired) electrons. The van der Waals surface area contributed by atoms with Gasteiger partial charge in [-0.15, -0.1) is 0 Å². The SMILES string of the molecule is Cc1nc(NC(=O)C2(c3ccc4c(c3)OCO4)CC2)sc1C(c1ccccc1Cl)N1CCC(O[Si](C)(C)C(C)(C)C)C1. The first-order valence-electron chi connectivity index (χ1n) is 14.7. The van der Waals surface area contributed by atoms with E-state index in [2.05, 4.69) is 50.1 Å². The lowest BCUT2D eigenvalue weighted by Crippen LogP contribution is -2.44. The van der Waals surface area contributed by atoms with Crippen molar-refractivity contribution < 1.29 is 18.7 Å². The van der Waals surface area contributed by atoms with Crippen LogP contribution in [0.3, 0.4) is 0 Å². The maximum absolute atomic E-state index is 13.7. The van der Waals surface area contributed by atoms with Crippen LogP contribution in [0.5, 0.6) is 11.5 Å². The van der Waals surface area contributed by atoms with Crippen LogP contribution >= 0.6 is 22.9 Å². The molecule has 2 aromatic carbocycles. The van der Waals surface area contributed by atoms with Crippen molar-refractivity contribution in [3.8, 4) is 11.5 Å². The Kier molecular flexibility index (Phi) is 7.71. The van der Waals surface area contributed by atoms with Gasteiger partial charge in [-0.2, -0.15) is 0 Å². The van der Waals surface area contributed by atoms with Gasteiger partial charge in [0.05, 0.1) is 28.1 Å². The molecule has 6 rings (SSSR count). The smallest absolute Gasteiger partial charge is 0.236 e. The number of thiazole rings is 1. The Morgan fingerprint density at radius 1 is 1.19 bits per heavy atom. The quantitative estimate of drug-likeness (QED) is 0.259. The van der Waals surface area contributed by atoms with Crippen LogP contribution in [-0.4, -0.2) is 50.1 Å². The summed E-state index contributed by atoms with van der Waals surface area (Å²) in [5.74, 6) is 1.39. The highest BCUT2D eigenvalue weighted by molar-refractivity contribution is 7.16. The van der Waals surface area contributed by atoms with Gasteiger partial charge in [0.15, 0.2) is 24.9 Å². The van der Waals surface area contributed by atoms with Crippen molar-refractivity contribution in [3.05, 3.63) is 69.2 Å². The molecule has 1 aliphatic carbocycles. The summed E-state index contributed by atoms with van der Waals surface area (Å²) in [4.78, 5) is 22.1. The number of hydrogen-bond acceptors (Lipinski definition) is 7. The van der Waals surface area contributed by atoms with Crippen molar-refractivity contribution in [2.24, 2.45) is 0 Å². The number of fused-ring (bicyclic) bond motifs is 1. The molecule has 1 saturated carbocycles. The zero-order valence-corrected chi connectivity index (χ0v) is 27.8. The Hall–Kier alpha value is -2.43. The highest BCUT2D eigenvalue weighted by atomic mass is 35.5. The van der Waals surface area contributed by atoms with E-state index in [0.717, 1.165) is 64.8 Å². The van der Waals surface area contributed by atoms with Crippen molar-refractivity contribution in [2.75, 3.05) is 25.2 Å². The molecule has 1 aromatic heterocycles. The minimum absolute atomic E-state index is 0.0278. The summed E-state index contributed by atoms with van der Waals surface area (Å²) in [7, 11) is -1.90. The van der Waals surface area contributed by atoms with Gasteiger partial charge in [-0.25, -0.2) is 4.98 Å². The number of rotatable bonds is 8. The predicted molar refractivity (Wildman–Crippen MR) is 171 cm³/mol. The van der Waals surface area contributed by atoms with Crippen molar-refractivity contribution in [1.29, 1.82) is 0 Å². The van der Waals surface area contributed by atoms with Crippen LogP contribution in [0.15, 0.2) is 42.5 Å². The number of nitrogens with zero attached hydrogens (tertiary/aromatic N) is 2. The van der Waals surface area contributed by atoms with Gasteiger partial charge in [0.2, 0.25) is 12.7 Å². The van der Waals surface area contributed by atoms with Crippen LogP contribution in [0.4, 0.5) is 5.13 Å². The Labute approximate surface area is 258 Å². The number of aromatic nitrogens is 1. The molecule has 42 heavy (non-hydrogen) atoms. The summed E-state index contributed by atoms with van der Waals surface area (Å²) in [5, 5.41) is 4.67. The molecule has 3 heterocycles. The third-order valence-corrected chi connectivity index (χ3v) is 15.4. The summed E-state index contributed by atoms with van der Waals surface area (Å²) in [5.41, 5.74) is 2.35. The Morgan fingerprint density at radius 3 is 2.64 bits per heavy atom. The lowest BCUT2D eigenvalue weighted by Gasteiger charge is -2.38. The van der Waals surface area contributed by atoms with Gasteiger partial charge >= 0.3 is 0 Å². The molecule has 224 valence electrons. The first kappa shape index (κ1) is 29.6. The lowest BCUT2D eigenvalue weighted by atomic mass is 9.94. The molecule has 0 bridgehead atoms. The number of anilines is 1. The van der Waals surface area contributed by atoms with E-state index in [4.69, 9.17) is 30.5 Å². The largest absolute Gasteiger partial charge is 0.454 e. The zero-order valence-electron chi connectivity index (χ0n) is 25.3. The van der Waals surface area contributed by atoms with Crippen LogP contribution in [0.25, 0.3) is 0 Å². The summed E-state index contributed by atoms with van der Waals surface area (Å²) in [6.07, 6.45) is 2.75. The number of carbonyl (C=O) groups is 1. The molecule has 2 aliphatic heterocycles. The molecular formula is C32H40ClN3O4SSi. The maximum atomic E-state index is 13.7. The summed E-state index contributed by atoms with van der Waals surface area (Å²) >= 11 is 8.36. The van der Waals surface area contributed by atoms with Crippen LogP contribution in [-0.2, 0) is 14.6 Å². The van der Waals surface area contributed by atoms with Crippen molar-refractivity contribution in [2.45, 2.75) is 82.7 Å². The fourth-order valence-corrected chi connectivity index (χ4v) is 8.51. The van der Waals surface area contributed by atoms with Crippen LogP contribution in [0.2, 0.25) is 23.2 Å². The van der Waals surface area contributed by atoms with E-state index in [9.17, 15) is 4.79 Å². The number of halogens is 1. The van der Waals surface area contributed by atoms with Gasteiger partial charge in [0, 0.05) is 18.1 Å². The minimum Gasteiger partial charge on any atom is -0.454 e. The summed E-state index contributed by atoms with van der Waals surface area (Å²) in [6, 6.07) is 13.8. The average molecular weight is 626 g/mol. The van der Waals surface area contributed by atoms with Crippen LogP contribution < -0.4 is 14.8 Å². The highest BCUT2D eigenvalue weighted by Gasteiger charge is 2.52. The number of benzene rings is 2. The molecule has 2 fully saturated rings. The Balaban J connectivity index is 1.25. The molecule has 1 N–H and O–H groups in total. The monoisotopic (exact) mass is 625 g/mol. The molecule has 3 aromatic rings. The molecule has 3 aliphatic rings. The van der Waals surface area contributed by atoms with E-state index < -0.39 is 13.7 Å². The molecule has 2 unspecified atom stereocenters. The van der Waals surface area contributed by atoms with Crippen LogP contribution in [0.1, 0.15) is 67.8 Å².